The van der Waals surface area contributed by atoms with E-state index in [9.17, 15) is 4.79 Å². The van der Waals surface area contributed by atoms with Crippen LogP contribution in [-0.2, 0) is 0 Å². The summed E-state index contributed by atoms with van der Waals surface area (Å²) in [6.45, 7) is 1.74. The molecule has 0 aliphatic rings. The third-order valence-electron chi connectivity index (χ3n) is 1.24. The number of hydrogen-bond donors (Lipinski definition) is 0. The van der Waals surface area contributed by atoms with Crippen LogP contribution in [0.5, 0.6) is 0 Å². The number of carbonyl (C=O) groups is 1. The lowest BCUT2D eigenvalue weighted by Crippen LogP contribution is -1.99. The Bertz CT molecular complexity index is 257. The van der Waals surface area contributed by atoms with Gasteiger partial charge < -0.3 is 4.52 Å². The Hall–Kier alpha value is -0.830. The molecule has 0 saturated carbocycles. The van der Waals surface area contributed by atoms with Gasteiger partial charge in [0, 0.05) is 18.4 Å². The summed E-state index contributed by atoms with van der Waals surface area (Å²) >= 11 is 5.37. The van der Waals surface area contributed by atoms with Gasteiger partial charge in [0.2, 0.25) is 0 Å². The summed E-state index contributed by atoms with van der Waals surface area (Å²) in [6, 6.07) is 1.61. The molecule has 0 unspecified atom stereocenters. The Kier molecular flexibility index (Phi) is 2.65. The molecule has 0 aromatic carbocycles. The van der Waals surface area contributed by atoms with E-state index in [1.54, 1.807) is 13.0 Å². The minimum atomic E-state index is -0.0724. The highest BCUT2D eigenvalue weighted by molar-refractivity contribution is 6.19. The minimum Gasteiger partial charge on any atom is -0.361 e. The Morgan fingerprint density at radius 3 is 3.00 bits per heavy atom. The maximum absolute atomic E-state index is 11.1. The van der Waals surface area contributed by atoms with E-state index in [1.807, 2.05) is 0 Å². The van der Waals surface area contributed by atoms with Gasteiger partial charge in [-0.3, -0.25) is 4.79 Å². The van der Waals surface area contributed by atoms with E-state index >= 15 is 0 Å². The zero-order valence-corrected chi connectivity index (χ0v) is 6.89. The first-order valence-corrected chi connectivity index (χ1v) is 3.80. The first-order valence-electron chi connectivity index (χ1n) is 3.26. The number of aromatic nitrogens is 1. The van der Waals surface area contributed by atoms with Crippen LogP contribution in [0.3, 0.4) is 0 Å². The maximum Gasteiger partial charge on any atom is 0.185 e. The van der Waals surface area contributed by atoms with Crippen LogP contribution in [0.4, 0.5) is 0 Å². The van der Waals surface area contributed by atoms with Gasteiger partial charge in [-0.25, -0.2) is 0 Å². The molecule has 4 heteroatoms. The second-order valence-corrected chi connectivity index (χ2v) is 2.56. The Morgan fingerprint density at radius 1 is 1.82 bits per heavy atom. The Labute approximate surface area is 69.3 Å². The van der Waals surface area contributed by atoms with Crippen molar-refractivity contribution in [2.24, 2.45) is 0 Å². The fourth-order valence-electron chi connectivity index (χ4n) is 0.712. The van der Waals surface area contributed by atoms with Crippen molar-refractivity contribution < 1.29 is 9.32 Å². The van der Waals surface area contributed by atoms with Crippen molar-refractivity contribution in [3.63, 3.8) is 0 Å². The molecule has 1 heterocycles. The van der Waals surface area contributed by atoms with Crippen molar-refractivity contribution in [2.75, 3.05) is 5.88 Å². The van der Waals surface area contributed by atoms with Gasteiger partial charge in [-0.15, -0.1) is 11.6 Å². The second-order valence-electron chi connectivity index (χ2n) is 2.18. The predicted octanol–water partition coefficient (Wildman–Crippen LogP) is 1.79. The Morgan fingerprint density at radius 2 is 2.55 bits per heavy atom. The zero-order chi connectivity index (χ0) is 8.27. The summed E-state index contributed by atoms with van der Waals surface area (Å²) in [5.74, 6) is 0.893. The monoisotopic (exact) mass is 173 g/mol. The molecule has 0 radical (unpaired) electrons. The molecule has 60 valence electrons. The van der Waals surface area contributed by atoms with Crippen LogP contribution in [0.25, 0.3) is 0 Å². The normalized spacial score (nSPS) is 10.0. The third kappa shape index (κ3) is 2.05. The van der Waals surface area contributed by atoms with Crippen LogP contribution in [0.15, 0.2) is 10.6 Å². The number of halogens is 1. The van der Waals surface area contributed by atoms with E-state index in [2.05, 4.69) is 5.16 Å². The molecular weight excluding hydrogens is 166 g/mol. The number of alkyl halides is 1. The summed E-state index contributed by atoms with van der Waals surface area (Å²) in [5, 5.41) is 3.55. The lowest BCUT2D eigenvalue weighted by Gasteiger charge is -1.87. The van der Waals surface area contributed by atoms with Gasteiger partial charge in [0.05, 0.1) is 0 Å². The van der Waals surface area contributed by atoms with E-state index in [0.29, 0.717) is 23.8 Å². The maximum atomic E-state index is 11.1. The first-order chi connectivity index (χ1) is 5.24. The molecule has 0 aliphatic carbocycles. The summed E-state index contributed by atoms with van der Waals surface area (Å²) in [4.78, 5) is 11.1. The third-order valence-corrected chi connectivity index (χ3v) is 1.42. The van der Waals surface area contributed by atoms with E-state index < -0.39 is 0 Å². The molecule has 1 rings (SSSR count). The second kappa shape index (κ2) is 3.53. The molecule has 0 atom stereocenters. The fraction of sp³-hybridized carbons (Fsp3) is 0.429. The fourth-order valence-corrected chi connectivity index (χ4v) is 0.883. The highest BCUT2D eigenvalue weighted by atomic mass is 35.5. The van der Waals surface area contributed by atoms with E-state index in [1.165, 1.54) is 0 Å². The lowest BCUT2D eigenvalue weighted by atomic mass is 10.2. The number of ketones is 1. The molecule has 0 N–H and O–H groups in total. The summed E-state index contributed by atoms with van der Waals surface area (Å²) < 4.78 is 4.72. The van der Waals surface area contributed by atoms with E-state index in [0.717, 1.165) is 0 Å². The largest absolute Gasteiger partial charge is 0.361 e. The summed E-state index contributed by atoms with van der Waals surface area (Å²) in [6.07, 6.45) is 0.313. The predicted molar refractivity (Wildman–Crippen MR) is 40.9 cm³/mol. The number of carbonyl (C=O) groups excluding carboxylic acids is 1. The summed E-state index contributed by atoms with van der Waals surface area (Å²) in [5.41, 5.74) is 0.364. The van der Waals surface area contributed by atoms with Crippen LogP contribution < -0.4 is 0 Å². The number of aryl methyl sites for hydroxylation is 1. The molecule has 0 spiro atoms. The number of Topliss-reactive ketones (excluding diaryl/α,β-unsaturated/α-hetero) is 1. The van der Waals surface area contributed by atoms with Crippen LogP contribution in [0.1, 0.15) is 22.7 Å². The number of nitrogens with zero attached hydrogens (tertiary/aromatic N) is 1. The van der Waals surface area contributed by atoms with Gasteiger partial charge in [0.25, 0.3) is 0 Å². The van der Waals surface area contributed by atoms with Crippen molar-refractivity contribution >= 4 is 17.4 Å². The number of hydrogen-bond acceptors (Lipinski definition) is 3. The highest BCUT2D eigenvalue weighted by Gasteiger charge is 2.08. The smallest absolute Gasteiger partial charge is 0.185 e. The van der Waals surface area contributed by atoms with Gasteiger partial charge in [-0.05, 0) is 6.92 Å². The molecule has 0 fully saturated rings. The van der Waals surface area contributed by atoms with Crippen molar-refractivity contribution in [2.45, 2.75) is 13.3 Å². The standard InChI is InChI=1S/C7H8ClNO2/c1-5-4-6(9-11-5)7(10)2-3-8/h4H,2-3H2,1H3. The molecule has 0 amide bonds. The van der Waals surface area contributed by atoms with Crippen LogP contribution in [-0.4, -0.2) is 16.8 Å². The van der Waals surface area contributed by atoms with Gasteiger partial charge in [-0.1, -0.05) is 5.16 Å². The van der Waals surface area contributed by atoms with Crippen molar-refractivity contribution in [1.82, 2.24) is 5.16 Å². The molecule has 1 aromatic rings. The Balaban J connectivity index is 2.69. The van der Waals surface area contributed by atoms with Crippen molar-refractivity contribution in [3.8, 4) is 0 Å². The van der Waals surface area contributed by atoms with Crippen molar-refractivity contribution in [3.05, 3.63) is 17.5 Å². The lowest BCUT2D eigenvalue weighted by molar-refractivity contribution is 0.0980. The van der Waals surface area contributed by atoms with Gasteiger partial charge >= 0.3 is 0 Å². The van der Waals surface area contributed by atoms with E-state index in [-0.39, 0.29) is 5.78 Å². The SMILES string of the molecule is Cc1cc(C(=O)CCCl)no1. The van der Waals surface area contributed by atoms with Gasteiger partial charge in [0.15, 0.2) is 5.78 Å². The molecule has 0 aliphatic heterocycles. The quantitative estimate of drug-likeness (QED) is 0.517. The van der Waals surface area contributed by atoms with Crippen molar-refractivity contribution in [1.29, 1.82) is 0 Å². The molecule has 3 nitrogen and oxygen atoms in total. The van der Waals surface area contributed by atoms with Crippen LogP contribution >= 0.6 is 11.6 Å². The van der Waals surface area contributed by atoms with Crippen LogP contribution in [0, 0.1) is 6.92 Å². The molecule has 1 aromatic heterocycles. The molecule has 0 bridgehead atoms. The number of rotatable bonds is 3. The topological polar surface area (TPSA) is 43.1 Å². The average Bonchev–Trinajstić information content (AvgIpc) is 2.36. The van der Waals surface area contributed by atoms with Gasteiger partial charge in [-0.2, -0.15) is 0 Å². The van der Waals surface area contributed by atoms with Crippen LogP contribution in [0.2, 0.25) is 0 Å². The first kappa shape index (κ1) is 8.27. The average molecular weight is 174 g/mol. The summed E-state index contributed by atoms with van der Waals surface area (Å²) in [7, 11) is 0. The molecule has 11 heavy (non-hydrogen) atoms. The van der Waals surface area contributed by atoms with E-state index in [4.69, 9.17) is 16.1 Å². The highest BCUT2D eigenvalue weighted by Crippen LogP contribution is 2.04. The molecular formula is C7H8ClNO2. The minimum absolute atomic E-state index is 0.0724. The zero-order valence-electron chi connectivity index (χ0n) is 6.13. The van der Waals surface area contributed by atoms with Gasteiger partial charge in [0.1, 0.15) is 11.5 Å². The molecule has 0 saturated heterocycles.